The first kappa shape index (κ1) is 16.6. The van der Waals surface area contributed by atoms with Crippen molar-refractivity contribution in [1.82, 2.24) is 4.90 Å². The fourth-order valence-corrected chi connectivity index (χ4v) is 2.71. The van der Waals surface area contributed by atoms with E-state index in [0.717, 1.165) is 23.0 Å². The van der Waals surface area contributed by atoms with E-state index in [0.29, 0.717) is 5.75 Å². The standard InChI is InChI=1S/C18H16N2O5/c1-2-12-4-3-5-14(10-12)25-9-8-19-17(21)15-7-6-13(20(23)24)11-16(15)18(19)22/h3-7,10-11H,2,8-9H2,1H3. The third-order valence-electron chi connectivity index (χ3n) is 4.06. The van der Waals surface area contributed by atoms with Gasteiger partial charge in [-0.05, 0) is 30.2 Å². The van der Waals surface area contributed by atoms with Crippen LogP contribution in [0.4, 0.5) is 5.69 Å². The summed E-state index contributed by atoms with van der Waals surface area (Å²) in [5.74, 6) is -0.318. The van der Waals surface area contributed by atoms with Crippen LogP contribution in [0.2, 0.25) is 0 Å². The molecule has 128 valence electrons. The highest BCUT2D eigenvalue weighted by Crippen LogP contribution is 2.26. The summed E-state index contributed by atoms with van der Waals surface area (Å²) in [5.41, 5.74) is 1.16. The molecular weight excluding hydrogens is 324 g/mol. The molecule has 0 saturated heterocycles. The van der Waals surface area contributed by atoms with Gasteiger partial charge in [0.05, 0.1) is 22.6 Å². The van der Waals surface area contributed by atoms with E-state index in [1.165, 1.54) is 12.1 Å². The molecule has 1 aliphatic rings. The van der Waals surface area contributed by atoms with E-state index in [9.17, 15) is 19.7 Å². The topological polar surface area (TPSA) is 89.8 Å². The summed E-state index contributed by atoms with van der Waals surface area (Å²) in [6.07, 6.45) is 0.883. The van der Waals surface area contributed by atoms with E-state index in [1.54, 1.807) is 0 Å². The molecule has 0 bridgehead atoms. The number of imide groups is 1. The fourth-order valence-electron chi connectivity index (χ4n) is 2.71. The van der Waals surface area contributed by atoms with Gasteiger partial charge in [-0.3, -0.25) is 24.6 Å². The lowest BCUT2D eigenvalue weighted by Crippen LogP contribution is -2.33. The van der Waals surface area contributed by atoms with Gasteiger partial charge in [0.2, 0.25) is 0 Å². The molecule has 0 spiro atoms. The van der Waals surface area contributed by atoms with Crippen LogP contribution in [0.5, 0.6) is 5.75 Å². The summed E-state index contributed by atoms with van der Waals surface area (Å²) in [6, 6.07) is 11.3. The molecule has 0 aromatic heterocycles. The third-order valence-corrected chi connectivity index (χ3v) is 4.06. The van der Waals surface area contributed by atoms with Gasteiger partial charge >= 0.3 is 0 Å². The molecule has 1 heterocycles. The minimum absolute atomic E-state index is 0.0622. The molecule has 2 aromatic rings. The van der Waals surface area contributed by atoms with Gasteiger partial charge in [0.25, 0.3) is 17.5 Å². The Balaban J connectivity index is 1.68. The smallest absolute Gasteiger partial charge is 0.270 e. The number of carbonyl (C=O) groups excluding carboxylic acids is 2. The van der Waals surface area contributed by atoms with Crippen molar-refractivity contribution in [3.8, 4) is 5.75 Å². The Labute approximate surface area is 144 Å². The van der Waals surface area contributed by atoms with E-state index >= 15 is 0 Å². The van der Waals surface area contributed by atoms with Gasteiger partial charge in [0.15, 0.2) is 0 Å². The van der Waals surface area contributed by atoms with Gasteiger partial charge in [-0.25, -0.2) is 0 Å². The molecule has 7 heteroatoms. The van der Waals surface area contributed by atoms with Crippen molar-refractivity contribution in [2.45, 2.75) is 13.3 Å². The van der Waals surface area contributed by atoms with Gasteiger partial charge in [-0.2, -0.15) is 0 Å². The molecule has 0 fully saturated rings. The first-order valence-corrected chi connectivity index (χ1v) is 7.87. The lowest BCUT2D eigenvalue weighted by atomic mass is 10.1. The summed E-state index contributed by atoms with van der Waals surface area (Å²) < 4.78 is 5.61. The molecule has 0 N–H and O–H groups in total. The van der Waals surface area contributed by atoms with Crippen LogP contribution in [0.3, 0.4) is 0 Å². The van der Waals surface area contributed by atoms with E-state index in [4.69, 9.17) is 4.74 Å². The summed E-state index contributed by atoms with van der Waals surface area (Å²) in [4.78, 5) is 36.0. The Kier molecular flexibility index (Phi) is 4.47. The van der Waals surface area contributed by atoms with E-state index in [-0.39, 0.29) is 30.0 Å². The molecular formula is C18H16N2O5. The lowest BCUT2D eigenvalue weighted by molar-refractivity contribution is -0.384. The number of carbonyl (C=O) groups is 2. The number of fused-ring (bicyclic) bond motifs is 1. The van der Waals surface area contributed by atoms with Crippen LogP contribution in [0.25, 0.3) is 0 Å². The summed E-state index contributed by atoms with van der Waals surface area (Å²) >= 11 is 0. The SMILES string of the molecule is CCc1cccc(OCCN2C(=O)c3ccc([N+](=O)[O-])cc3C2=O)c1. The zero-order valence-corrected chi connectivity index (χ0v) is 13.6. The highest BCUT2D eigenvalue weighted by molar-refractivity contribution is 6.21. The second-order valence-corrected chi connectivity index (χ2v) is 5.60. The molecule has 25 heavy (non-hydrogen) atoms. The molecule has 0 saturated carbocycles. The van der Waals surface area contributed by atoms with Crippen molar-refractivity contribution in [2.75, 3.05) is 13.2 Å². The van der Waals surface area contributed by atoms with E-state index < -0.39 is 16.7 Å². The van der Waals surface area contributed by atoms with Crippen molar-refractivity contribution < 1.29 is 19.2 Å². The van der Waals surface area contributed by atoms with E-state index in [2.05, 4.69) is 0 Å². The molecule has 2 aromatic carbocycles. The number of nitro benzene ring substituents is 1. The second-order valence-electron chi connectivity index (χ2n) is 5.60. The average molecular weight is 340 g/mol. The molecule has 2 amide bonds. The second kappa shape index (κ2) is 6.72. The summed E-state index contributed by atoms with van der Waals surface area (Å²) in [6.45, 7) is 2.27. The Morgan fingerprint density at radius 1 is 1.08 bits per heavy atom. The Hall–Kier alpha value is -3.22. The van der Waals surface area contributed by atoms with Gasteiger partial charge in [0, 0.05) is 12.1 Å². The van der Waals surface area contributed by atoms with Crippen LogP contribution in [0, 0.1) is 10.1 Å². The predicted molar refractivity (Wildman–Crippen MR) is 89.8 cm³/mol. The van der Waals surface area contributed by atoms with Crippen molar-refractivity contribution in [3.63, 3.8) is 0 Å². The maximum absolute atomic E-state index is 12.4. The van der Waals surface area contributed by atoms with Gasteiger partial charge in [-0.1, -0.05) is 19.1 Å². The predicted octanol–water partition coefficient (Wildman–Crippen LogP) is 2.83. The number of hydrogen-bond donors (Lipinski definition) is 0. The van der Waals surface area contributed by atoms with Crippen molar-refractivity contribution in [2.24, 2.45) is 0 Å². The minimum Gasteiger partial charge on any atom is -0.492 e. The Morgan fingerprint density at radius 3 is 2.56 bits per heavy atom. The minimum atomic E-state index is -0.593. The fraction of sp³-hybridized carbons (Fsp3) is 0.222. The Morgan fingerprint density at radius 2 is 1.84 bits per heavy atom. The number of nitro groups is 1. The number of nitrogens with zero attached hydrogens (tertiary/aromatic N) is 2. The number of rotatable bonds is 6. The number of benzene rings is 2. The van der Waals surface area contributed by atoms with Crippen molar-refractivity contribution >= 4 is 17.5 Å². The first-order chi connectivity index (χ1) is 12.0. The number of hydrogen-bond acceptors (Lipinski definition) is 5. The molecule has 0 unspecified atom stereocenters. The molecule has 0 atom stereocenters. The number of non-ortho nitro benzene ring substituents is 1. The highest BCUT2D eigenvalue weighted by atomic mass is 16.6. The quantitative estimate of drug-likeness (QED) is 0.458. The number of ether oxygens (including phenoxy) is 1. The normalized spacial score (nSPS) is 13.1. The summed E-state index contributed by atoms with van der Waals surface area (Å²) in [5, 5.41) is 10.8. The molecule has 0 aliphatic carbocycles. The van der Waals surface area contributed by atoms with Gasteiger partial charge in [0.1, 0.15) is 12.4 Å². The molecule has 0 radical (unpaired) electrons. The third kappa shape index (κ3) is 3.21. The van der Waals surface area contributed by atoms with Gasteiger partial charge < -0.3 is 4.74 Å². The maximum Gasteiger partial charge on any atom is 0.270 e. The first-order valence-electron chi connectivity index (χ1n) is 7.87. The van der Waals surface area contributed by atoms with Crippen LogP contribution >= 0.6 is 0 Å². The highest BCUT2D eigenvalue weighted by Gasteiger charge is 2.36. The molecule has 1 aliphatic heterocycles. The maximum atomic E-state index is 12.4. The summed E-state index contributed by atoms with van der Waals surface area (Å²) in [7, 11) is 0. The van der Waals surface area contributed by atoms with Crippen LogP contribution in [0.1, 0.15) is 33.2 Å². The largest absolute Gasteiger partial charge is 0.492 e. The number of aryl methyl sites for hydroxylation is 1. The zero-order valence-electron chi connectivity index (χ0n) is 13.6. The molecule has 3 rings (SSSR count). The average Bonchev–Trinajstić information content (AvgIpc) is 2.86. The molecule has 7 nitrogen and oxygen atoms in total. The van der Waals surface area contributed by atoms with Crippen LogP contribution in [-0.2, 0) is 6.42 Å². The van der Waals surface area contributed by atoms with Crippen LogP contribution < -0.4 is 4.74 Å². The lowest BCUT2D eigenvalue weighted by Gasteiger charge is -2.14. The Bertz CT molecular complexity index is 862. The van der Waals surface area contributed by atoms with Crippen LogP contribution in [-0.4, -0.2) is 34.8 Å². The monoisotopic (exact) mass is 340 g/mol. The zero-order chi connectivity index (χ0) is 18.0. The van der Waals surface area contributed by atoms with E-state index in [1.807, 2.05) is 31.2 Å². The number of amides is 2. The van der Waals surface area contributed by atoms with Crippen LogP contribution in [0.15, 0.2) is 42.5 Å². The van der Waals surface area contributed by atoms with Crippen molar-refractivity contribution in [3.05, 3.63) is 69.3 Å². The van der Waals surface area contributed by atoms with Crippen molar-refractivity contribution in [1.29, 1.82) is 0 Å². The van der Waals surface area contributed by atoms with Gasteiger partial charge in [-0.15, -0.1) is 0 Å².